The predicted molar refractivity (Wildman–Crippen MR) is 74.1 cm³/mol. The first-order valence-electron chi connectivity index (χ1n) is 5.66. The third-order valence-corrected chi connectivity index (χ3v) is 5.51. The maximum atomic E-state index is 12.3. The first kappa shape index (κ1) is 14.1. The number of aromatic nitrogens is 1. The van der Waals surface area contributed by atoms with E-state index in [9.17, 15) is 18.0 Å². The Morgan fingerprint density at radius 3 is 2.79 bits per heavy atom. The second-order valence-electron chi connectivity index (χ2n) is 4.30. The van der Waals surface area contributed by atoms with E-state index >= 15 is 0 Å². The molecule has 0 bridgehead atoms. The third-order valence-electron chi connectivity index (χ3n) is 2.87. The van der Waals surface area contributed by atoms with Crippen molar-refractivity contribution < 1.29 is 13.2 Å². The molecule has 1 aliphatic rings. The Bertz CT molecular complexity index is 618. The Kier molecular flexibility index (Phi) is 4.00. The van der Waals surface area contributed by atoms with E-state index in [1.54, 1.807) is 0 Å². The number of rotatable bonds is 2. The van der Waals surface area contributed by atoms with Gasteiger partial charge < -0.3 is 9.88 Å². The number of amides is 1. The Morgan fingerprint density at radius 1 is 1.47 bits per heavy atom. The Labute approximate surface area is 115 Å². The zero-order valence-electron chi connectivity index (χ0n) is 10.3. The molecule has 1 saturated heterocycles. The molecule has 6 nitrogen and oxygen atoms in total. The molecular formula is C11H14N2O4S2. The molecule has 1 aliphatic heterocycles. The molecule has 0 radical (unpaired) electrons. The number of hydrogen-bond donors (Lipinski definition) is 1. The second kappa shape index (κ2) is 5.38. The summed E-state index contributed by atoms with van der Waals surface area (Å²) < 4.78 is 23.4. The lowest BCUT2D eigenvalue weighted by atomic mass is 10.2. The first-order chi connectivity index (χ1) is 8.89. The van der Waals surface area contributed by atoms with E-state index in [0.29, 0.717) is 23.6 Å². The molecule has 1 fully saturated rings. The minimum atomic E-state index is -3.32. The van der Waals surface area contributed by atoms with Crippen LogP contribution in [0.1, 0.15) is 10.4 Å². The van der Waals surface area contributed by atoms with Crippen LogP contribution in [0, 0.1) is 0 Å². The van der Waals surface area contributed by atoms with Gasteiger partial charge in [-0.25, -0.2) is 8.42 Å². The van der Waals surface area contributed by atoms with E-state index in [1.165, 1.54) is 35.0 Å². The SMILES string of the molecule is CS(=O)(=O)C1CSCCN1C(=O)c1ccc(=O)[nH]c1. The molecule has 1 aromatic rings. The van der Waals surface area contributed by atoms with Gasteiger partial charge in [0.2, 0.25) is 5.56 Å². The van der Waals surface area contributed by atoms with Crippen LogP contribution in [0.3, 0.4) is 0 Å². The highest BCUT2D eigenvalue weighted by Crippen LogP contribution is 2.22. The molecule has 19 heavy (non-hydrogen) atoms. The van der Waals surface area contributed by atoms with Gasteiger partial charge in [0, 0.05) is 36.6 Å². The molecule has 104 valence electrons. The molecule has 2 rings (SSSR count). The normalized spacial score (nSPS) is 20.3. The summed E-state index contributed by atoms with van der Waals surface area (Å²) in [7, 11) is -3.32. The standard InChI is InChI=1S/C11H14N2O4S2/c1-19(16,17)10-7-18-5-4-13(10)11(15)8-2-3-9(14)12-6-8/h2-3,6,10H,4-5,7H2,1H3,(H,12,14). The van der Waals surface area contributed by atoms with Gasteiger partial charge in [0.1, 0.15) is 5.37 Å². The highest BCUT2D eigenvalue weighted by atomic mass is 32.2. The highest BCUT2D eigenvalue weighted by Gasteiger charge is 2.34. The molecular weight excluding hydrogens is 288 g/mol. The Morgan fingerprint density at radius 2 is 2.21 bits per heavy atom. The number of hydrogen-bond acceptors (Lipinski definition) is 5. The minimum Gasteiger partial charge on any atom is -0.328 e. The largest absolute Gasteiger partial charge is 0.328 e. The molecule has 1 N–H and O–H groups in total. The lowest BCUT2D eigenvalue weighted by Crippen LogP contribution is -2.49. The zero-order chi connectivity index (χ0) is 14.0. The van der Waals surface area contributed by atoms with E-state index in [0.717, 1.165) is 6.26 Å². The summed E-state index contributed by atoms with van der Waals surface area (Å²) in [5.74, 6) is 0.724. The van der Waals surface area contributed by atoms with Gasteiger partial charge in [-0.05, 0) is 6.07 Å². The molecule has 1 amide bonds. The van der Waals surface area contributed by atoms with Crippen LogP contribution >= 0.6 is 11.8 Å². The number of thioether (sulfide) groups is 1. The average molecular weight is 302 g/mol. The van der Waals surface area contributed by atoms with Crippen LogP contribution in [0.15, 0.2) is 23.1 Å². The number of sulfone groups is 1. The predicted octanol–water partition coefficient (Wildman–Crippen LogP) is -0.0654. The van der Waals surface area contributed by atoms with Gasteiger partial charge in [0.05, 0.1) is 5.56 Å². The minimum absolute atomic E-state index is 0.292. The molecule has 1 aromatic heterocycles. The Balaban J connectivity index is 2.30. The summed E-state index contributed by atoms with van der Waals surface area (Å²) in [5.41, 5.74) is -0.00874. The molecule has 1 atom stereocenters. The fourth-order valence-electron chi connectivity index (χ4n) is 1.88. The van der Waals surface area contributed by atoms with Crippen LogP contribution in [0.4, 0.5) is 0 Å². The number of H-pyrrole nitrogens is 1. The monoisotopic (exact) mass is 302 g/mol. The van der Waals surface area contributed by atoms with Crippen molar-refractivity contribution in [3.63, 3.8) is 0 Å². The van der Waals surface area contributed by atoms with Gasteiger partial charge in [0.25, 0.3) is 5.91 Å². The van der Waals surface area contributed by atoms with Crippen LogP contribution < -0.4 is 5.56 Å². The van der Waals surface area contributed by atoms with Crippen LogP contribution in [-0.4, -0.2) is 53.9 Å². The van der Waals surface area contributed by atoms with Gasteiger partial charge in [-0.2, -0.15) is 11.8 Å². The quantitative estimate of drug-likeness (QED) is 0.826. The molecule has 8 heteroatoms. The number of carbonyl (C=O) groups is 1. The molecule has 0 aliphatic carbocycles. The molecule has 1 unspecified atom stereocenters. The number of aromatic amines is 1. The van der Waals surface area contributed by atoms with Crippen LogP contribution in [0.5, 0.6) is 0 Å². The number of pyridine rings is 1. The van der Waals surface area contributed by atoms with E-state index in [-0.39, 0.29) is 11.5 Å². The van der Waals surface area contributed by atoms with Crippen molar-refractivity contribution in [2.45, 2.75) is 5.37 Å². The number of carbonyl (C=O) groups excluding carboxylic acids is 1. The van der Waals surface area contributed by atoms with Crippen molar-refractivity contribution in [3.8, 4) is 0 Å². The van der Waals surface area contributed by atoms with Gasteiger partial charge in [-0.15, -0.1) is 0 Å². The van der Waals surface area contributed by atoms with Crippen molar-refractivity contribution >= 4 is 27.5 Å². The summed E-state index contributed by atoms with van der Waals surface area (Å²) in [6.45, 7) is 0.389. The average Bonchev–Trinajstić information content (AvgIpc) is 2.38. The van der Waals surface area contributed by atoms with Crippen LogP contribution in [-0.2, 0) is 9.84 Å². The first-order valence-corrected chi connectivity index (χ1v) is 8.77. The van der Waals surface area contributed by atoms with Crippen molar-refractivity contribution in [2.24, 2.45) is 0 Å². The van der Waals surface area contributed by atoms with Crippen LogP contribution in [0.25, 0.3) is 0 Å². The van der Waals surface area contributed by atoms with E-state index < -0.39 is 15.2 Å². The maximum Gasteiger partial charge on any atom is 0.256 e. The molecule has 0 saturated carbocycles. The van der Waals surface area contributed by atoms with Crippen molar-refractivity contribution in [2.75, 3.05) is 24.3 Å². The van der Waals surface area contributed by atoms with Gasteiger partial charge >= 0.3 is 0 Å². The zero-order valence-corrected chi connectivity index (χ0v) is 12.0. The van der Waals surface area contributed by atoms with Crippen molar-refractivity contribution in [3.05, 3.63) is 34.2 Å². The topological polar surface area (TPSA) is 87.3 Å². The van der Waals surface area contributed by atoms with Crippen LogP contribution in [0.2, 0.25) is 0 Å². The highest BCUT2D eigenvalue weighted by molar-refractivity contribution is 8.00. The molecule has 0 aromatic carbocycles. The summed E-state index contributed by atoms with van der Waals surface area (Å²) in [6.07, 6.45) is 2.45. The Hall–Kier alpha value is -1.28. The van der Waals surface area contributed by atoms with Gasteiger partial charge in [0.15, 0.2) is 9.84 Å². The molecule has 2 heterocycles. The number of nitrogens with one attached hydrogen (secondary N) is 1. The smallest absolute Gasteiger partial charge is 0.256 e. The fraction of sp³-hybridized carbons (Fsp3) is 0.455. The fourth-order valence-corrected chi connectivity index (χ4v) is 4.69. The van der Waals surface area contributed by atoms with Gasteiger partial charge in [-0.1, -0.05) is 0 Å². The van der Waals surface area contributed by atoms with E-state index in [2.05, 4.69) is 4.98 Å². The van der Waals surface area contributed by atoms with Gasteiger partial charge in [-0.3, -0.25) is 9.59 Å². The summed E-state index contributed by atoms with van der Waals surface area (Å²) >= 11 is 1.52. The maximum absolute atomic E-state index is 12.3. The van der Waals surface area contributed by atoms with E-state index in [1.807, 2.05) is 0 Å². The van der Waals surface area contributed by atoms with E-state index in [4.69, 9.17) is 0 Å². The van der Waals surface area contributed by atoms with Crippen molar-refractivity contribution in [1.82, 2.24) is 9.88 Å². The van der Waals surface area contributed by atoms with Crippen molar-refractivity contribution in [1.29, 1.82) is 0 Å². The summed E-state index contributed by atoms with van der Waals surface area (Å²) in [4.78, 5) is 27.0. The lowest BCUT2D eigenvalue weighted by Gasteiger charge is -2.34. The molecule has 0 spiro atoms. The second-order valence-corrected chi connectivity index (χ2v) is 7.65. The summed E-state index contributed by atoms with van der Waals surface area (Å²) in [6, 6.07) is 2.66. The summed E-state index contributed by atoms with van der Waals surface area (Å²) in [5, 5.41) is -0.800. The number of nitrogens with zero attached hydrogens (tertiary/aromatic N) is 1. The third kappa shape index (κ3) is 3.19. The lowest BCUT2D eigenvalue weighted by molar-refractivity contribution is 0.0749.